The van der Waals surface area contributed by atoms with Gasteiger partial charge in [-0.05, 0) is 142 Å². The second kappa shape index (κ2) is 47.9. The van der Waals surface area contributed by atoms with E-state index in [1.165, 1.54) is 255 Å². The molecular weight excluding hydrogens is 1460 g/mol. The van der Waals surface area contributed by atoms with E-state index in [9.17, 15) is 0 Å². The van der Waals surface area contributed by atoms with E-state index in [4.69, 9.17) is 9.97 Å². The fourth-order valence-corrected chi connectivity index (χ4v) is 24.1. The number of hydrogen-bond donors (Lipinski definition) is 0. The summed E-state index contributed by atoms with van der Waals surface area (Å²) in [6.07, 6.45) is 56.2. The van der Waals surface area contributed by atoms with Crippen molar-refractivity contribution in [1.82, 2.24) is 19.8 Å². The van der Waals surface area contributed by atoms with Crippen molar-refractivity contribution in [3.05, 3.63) is 109 Å². The third-order valence-electron chi connectivity index (χ3n) is 22.8. The second-order valence-corrected chi connectivity index (χ2v) is 41.9. The molecule has 0 radical (unpaired) electrons. The predicted octanol–water partition coefficient (Wildman–Crippen LogP) is 32.8. The van der Waals surface area contributed by atoms with Crippen LogP contribution in [0.15, 0.2) is 74.7 Å². The molecule has 0 aliphatic carbocycles. The van der Waals surface area contributed by atoms with Crippen LogP contribution in [0.3, 0.4) is 0 Å². The smallest absolute Gasteiger partial charge is 0.261 e. The van der Waals surface area contributed by atoms with Crippen molar-refractivity contribution in [3.8, 4) is 19.5 Å². The molecule has 0 saturated heterocycles. The SMILES string of the molecule is C=Cc1c(Sc2sc(-c3ccc(C4=C5C(=O)N(CC(CCCCCC)CCCCCCCC)C(c6ccc(-c7cc(CCCCCC)c(C(C)(C)C)s7)s6)=C5C(=O)N4CC(CCCCCC)CCCCCCCC)s3)cc2CCCCCC)c(SC(C)(C)C)c(C=C)c2nc(CCCCCC)c(CCCCCC)nc12. The monoisotopic (exact) mass is 1600 g/mol. The summed E-state index contributed by atoms with van der Waals surface area (Å²) in [5.74, 6) is 0.712. The Labute approximate surface area is 696 Å². The fraction of sp³-hybridized carbons (Fsp3) is 0.653. The number of aryl methyl sites for hydroxylation is 4. The molecule has 0 bridgehead atoms. The second-order valence-electron chi connectivity index (χ2n) is 34.6. The molecule has 8 rings (SSSR count). The Hall–Kier alpha value is -4.04. The van der Waals surface area contributed by atoms with E-state index in [2.05, 4.69) is 168 Å². The maximum Gasteiger partial charge on any atom is 0.261 e. The Morgan fingerprint density at radius 1 is 0.400 bits per heavy atom. The van der Waals surface area contributed by atoms with E-state index >= 15 is 9.59 Å². The molecule has 7 heterocycles. The molecule has 2 amide bonds. The van der Waals surface area contributed by atoms with Crippen molar-refractivity contribution in [2.75, 3.05) is 13.1 Å². The summed E-state index contributed by atoms with van der Waals surface area (Å²) in [6, 6.07) is 14.2. The molecule has 0 N–H and O–H groups in total. The zero-order chi connectivity index (χ0) is 79.0. The number of unbranched alkanes of at least 4 members (excludes halogenated alkanes) is 28. The normalized spacial score (nSPS) is 14.1. The summed E-state index contributed by atoms with van der Waals surface area (Å²) >= 11 is 11.3. The van der Waals surface area contributed by atoms with E-state index in [0.717, 1.165) is 132 Å². The molecule has 5 aromatic heterocycles. The summed E-state index contributed by atoms with van der Waals surface area (Å²) < 4.78 is 1.19. The van der Waals surface area contributed by atoms with Gasteiger partial charge in [0.1, 0.15) is 0 Å². The first-order valence-electron chi connectivity index (χ1n) is 44.9. The molecule has 0 saturated carbocycles. The molecule has 6 nitrogen and oxygen atoms in total. The molecule has 2 atom stereocenters. The van der Waals surface area contributed by atoms with Crippen LogP contribution < -0.4 is 0 Å². The first-order valence-corrected chi connectivity index (χ1v) is 49.8. The Morgan fingerprint density at radius 3 is 1.13 bits per heavy atom. The topological polar surface area (TPSA) is 66.4 Å². The standard InChI is InChI=1S/C98H148N4O2S6/c1-17-27-35-43-45-49-57-71(55-47-37-29-19-3)69-101-89(81-65-63-79(105-81)83-67-73(59-51-39-31-21-5)93(107-83)97(11,12)13)85-86(95(101)104)90(102(94(85)103)70-72(56-48-38-30-20-4)58-50-46-44-36-28-18-2)82-66-64-80(106-82)84-68-74(60-52-40-32-22-6)96(108-84)109-91-75(25-9)87-88(76(26-10)92(91)110-98(14,15)16)100-78(62-54-42-34-24-8)77(99-87)61-53-41-33-23-7/h25-26,63-68,71-72H,9-10,17-24,27-62,69-70H2,1-8,11-16H3. The maximum absolute atomic E-state index is 16.8. The summed E-state index contributed by atoms with van der Waals surface area (Å²) in [5, 5.41) is 0. The lowest BCUT2D eigenvalue weighted by atomic mass is 9.90. The van der Waals surface area contributed by atoms with Crippen LogP contribution in [0.2, 0.25) is 0 Å². The highest BCUT2D eigenvalue weighted by molar-refractivity contribution is 8.04. The average molecular weight is 1610 g/mol. The van der Waals surface area contributed by atoms with Gasteiger partial charge in [0.25, 0.3) is 11.8 Å². The fourth-order valence-electron chi connectivity index (χ4n) is 16.6. The number of nitrogens with zero attached hydrogens (tertiary/aromatic N) is 4. The molecule has 6 aromatic rings. The van der Waals surface area contributed by atoms with Gasteiger partial charge in [0.05, 0.1) is 58.9 Å². The van der Waals surface area contributed by atoms with Crippen molar-refractivity contribution in [1.29, 1.82) is 0 Å². The highest BCUT2D eigenvalue weighted by Gasteiger charge is 2.50. The molecule has 2 aliphatic rings. The summed E-state index contributed by atoms with van der Waals surface area (Å²) in [7, 11) is 0. The van der Waals surface area contributed by atoms with Crippen LogP contribution in [0.1, 0.15) is 402 Å². The van der Waals surface area contributed by atoms with E-state index in [1.807, 2.05) is 57.5 Å². The zero-order valence-electron chi connectivity index (χ0n) is 71.8. The van der Waals surface area contributed by atoms with Gasteiger partial charge in [-0.2, -0.15) is 0 Å². The van der Waals surface area contributed by atoms with Crippen LogP contribution in [0.25, 0.3) is 54.1 Å². The van der Waals surface area contributed by atoms with Crippen LogP contribution in [-0.4, -0.2) is 49.4 Å². The summed E-state index contributed by atoms with van der Waals surface area (Å²) in [4.78, 5) is 60.2. The van der Waals surface area contributed by atoms with Crippen LogP contribution in [0, 0.1) is 11.8 Å². The molecule has 608 valence electrons. The Balaban J connectivity index is 1.33. The van der Waals surface area contributed by atoms with Gasteiger partial charge < -0.3 is 9.80 Å². The number of amides is 2. The quantitative estimate of drug-likeness (QED) is 0.0280. The van der Waals surface area contributed by atoms with Crippen LogP contribution in [0.4, 0.5) is 0 Å². The molecule has 2 aliphatic heterocycles. The number of aromatic nitrogens is 2. The number of thioether (sulfide) groups is 1. The van der Waals surface area contributed by atoms with Crippen molar-refractivity contribution in [2.45, 2.75) is 404 Å². The zero-order valence-corrected chi connectivity index (χ0v) is 76.7. The minimum atomic E-state index is -0.109. The van der Waals surface area contributed by atoms with Gasteiger partial charge in [0, 0.05) is 63.1 Å². The Kier molecular flexibility index (Phi) is 39.8. The van der Waals surface area contributed by atoms with Crippen molar-refractivity contribution >= 4 is 115 Å². The average Bonchev–Trinajstić information content (AvgIpc) is 1.54. The van der Waals surface area contributed by atoms with E-state index in [0.29, 0.717) is 36.1 Å². The lowest BCUT2D eigenvalue weighted by Crippen LogP contribution is -2.34. The highest BCUT2D eigenvalue weighted by atomic mass is 32.2. The third-order valence-corrected chi connectivity index (χ3v) is 30.8. The summed E-state index contributed by atoms with van der Waals surface area (Å²) in [5.41, 5.74) is 12.3. The maximum atomic E-state index is 16.8. The van der Waals surface area contributed by atoms with Crippen molar-refractivity contribution in [3.63, 3.8) is 0 Å². The molecule has 12 heteroatoms. The van der Waals surface area contributed by atoms with Gasteiger partial charge >= 0.3 is 0 Å². The largest absolute Gasteiger partial charge is 0.306 e. The number of hydrogen-bond acceptors (Lipinski definition) is 10. The number of carbonyl (C=O) groups excluding carboxylic acids is 2. The highest BCUT2D eigenvalue weighted by Crippen LogP contribution is 2.55. The number of fused-ring (bicyclic) bond motifs is 2. The van der Waals surface area contributed by atoms with Crippen molar-refractivity contribution in [2.24, 2.45) is 11.8 Å². The van der Waals surface area contributed by atoms with Gasteiger partial charge in [-0.15, -0.1) is 57.1 Å². The van der Waals surface area contributed by atoms with Gasteiger partial charge in [0.15, 0.2) is 0 Å². The lowest BCUT2D eigenvalue weighted by Gasteiger charge is -2.29. The number of carbonyl (C=O) groups is 2. The number of benzene rings is 1. The Morgan fingerprint density at radius 2 is 0.736 bits per heavy atom. The first-order chi connectivity index (χ1) is 53.3. The number of rotatable bonds is 57. The minimum absolute atomic E-state index is 0.0243. The number of thiophene rings is 4. The lowest BCUT2D eigenvalue weighted by molar-refractivity contribution is -0.124. The molecular formula is C98H148N4O2S6. The van der Waals surface area contributed by atoms with E-state index < -0.39 is 0 Å². The van der Waals surface area contributed by atoms with Gasteiger partial charge in [0.2, 0.25) is 0 Å². The molecule has 1 aromatic carbocycles. The minimum Gasteiger partial charge on any atom is -0.306 e. The van der Waals surface area contributed by atoms with E-state index in [1.54, 1.807) is 11.3 Å². The van der Waals surface area contributed by atoms with Gasteiger partial charge in [-0.1, -0.05) is 339 Å². The molecule has 0 fully saturated rings. The van der Waals surface area contributed by atoms with Gasteiger partial charge in [-0.25, -0.2) is 9.97 Å². The van der Waals surface area contributed by atoms with Crippen molar-refractivity contribution < 1.29 is 9.59 Å². The van der Waals surface area contributed by atoms with Crippen LogP contribution in [0.5, 0.6) is 0 Å². The van der Waals surface area contributed by atoms with Crippen LogP contribution in [-0.2, 0) is 40.7 Å². The van der Waals surface area contributed by atoms with Crippen LogP contribution >= 0.6 is 68.9 Å². The molecule has 0 spiro atoms. The predicted molar refractivity (Wildman–Crippen MR) is 493 cm³/mol. The molecule has 2 unspecified atom stereocenters. The molecule has 110 heavy (non-hydrogen) atoms. The first kappa shape index (κ1) is 91.5. The van der Waals surface area contributed by atoms with E-state index in [-0.39, 0.29) is 22.0 Å². The third kappa shape index (κ3) is 26.2. The summed E-state index contributed by atoms with van der Waals surface area (Å²) in [6.45, 7) is 43.0. The van der Waals surface area contributed by atoms with Gasteiger partial charge in [-0.3, -0.25) is 9.59 Å². The Bertz CT molecular complexity index is 3870.